The molecule has 0 aromatic heterocycles. The molecule has 0 saturated carbocycles. The average molecular weight is 553 g/mol. The summed E-state index contributed by atoms with van der Waals surface area (Å²) in [5, 5.41) is 10.5. The standard InChI is InChI=1S/C22H25F3N4O3.3H2S/c1-4-17(18-5-6-26-28-18)27-21(31)22(32)29-11(2)7-14(12(29)3)19(30)10-13-8-15(23)20(25)16(24)9-13;;;/h5,8-9,11-12,14,17H,4,6-7,10H2,1-3H3,(H,27,31);3*1H2/t11-,12-,14-,17?;;;/m0.../s1. The maximum Gasteiger partial charge on any atom is 0.312 e. The van der Waals surface area contributed by atoms with Gasteiger partial charge in [-0.15, -0.1) is 0 Å². The van der Waals surface area contributed by atoms with E-state index in [1.807, 2.05) is 6.92 Å². The summed E-state index contributed by atoms with van der Waals surface area (Å²) in [6.45, 7) is 5.67. The number of nitrogens with one attached hydrogen (secondary N) is 1. The molecule has 13 heteroatoms. The summed E-state index contributed by atoms with van der Waals surface area (Å²) in [5.74, 6) is -6.83. The van der Waals surface area contributed by atoms with Crippen molar-refractivity contribution in [3.05, 3.63) is 46.9 Å². The van der Waals surface area contributed by atoms with Crippen molar-refractivity contribution >= 4 is 58.1 Å². The molecule has 2 aliphatic heterocycles. The highest BCUT2D eigenvalue weighted by Crippen LogP contribution is 2.32. The second-order valence-corrected chi connectivity index (χ2v) is 8.15. The molecule has 4 atom stereocenters. The summed E-state index contributed by atoms with van der Waals surface area (Å²) < 4.78 is 40.1. The van der Waals surface area contributed by atoms with Crippen LogP contribution in [-0.4, -0.2) is 47.2 Å². The van der Waals surface area contributed by atoms with Crippen molar-refractivity contribution in [3.63, 3.8) is 0 Å². The molecule has 0 spiro atoms. The fraction of sp³-hybridized carbons (Fsp3) is 0.500. The quantitative estimate of drug-likeness (QED) is 0.433. The summed E-state index contributed by atoms with van der Waals surface area (Å²) in [5.41, 5.74) is 0.613. The Bertz CT molecular complexity index is 986. The Balaban J connectivity index is 0.00000385. The van der Waals surface area contributed by atoms with E-state index in [2.05, 4.69) is 15.5 Å². The number of hydrogen-bond acceptors (Lipinski definition) is 5. The summed E-state index contributed by atoms with van der Waals surface area (Å²) >= 11 is 0. The molecule has 3 rings (SSSR count). The number of nitrogens with zero attached hydrogens (tertiary/aromatic N) is 3. The number of carbonyl (C=O) groups is 3. The molecule has 1 aromatic rings. The molecule has 1 saturated heterocycles. The summed E-state index contributed by atoms with van der Waals surface area (Å²) in [7, 11) is 0. The van der Waals surface area contributed by atoms with E-state index < -0.39 is 47.3 Å². The number of Topliss-reactive ketones (excluding diaryl/α,β-unsaturated/α-hetero) is 1. The van der Waals surface area contributed by atoms with Crippen LogP contribution < -0.4 is 5.32 Å². The molecule has 1 fully saturated rings. The van der Waals surface area contributed by atoms with Crippen LogP contribution in [0.1, 0.15) is 39.2 Å². The van der Waals surface area contributed by atoms with Crippen LogP contribution in [0.15, 0.2) is 34.1 Å². The predicted octanol–water partition coefficient (Wildman–Crippen LogP) is 3.42. The molecular weight excluding hydrogens is 521 g/mol. The van der Waals surface area contributed by atoms with E-state index in [9.17, 15) is 27.6 Å². The fourth-order valence-electron chi connectivity index (χ4n) is 4.33. The first-order valence-electron chi connectivity index (χ1n) is 10.5. The average Bonchev–Trinajstić information content (AvgIpc) is 3.37. The highest BCUT2D eigenvalue weighted by Gasteiger charge is 2.44. The van der Waals surface area contributed by atoms with Gasteiger partial charge in [0.15, 0.2) is 17.5 Å². The second-order valence-electron chi connectivity index (χ2n) is 8.15. The van der Waals surface area contributed by atoms with Gasteiger partial charge in [0.05, 0.1) is 18.3 Å². The Kier molecular flexibility index (Phi) is 13.1. The maximum absolute atomic E-state index is 13.5. The zero-order valence-electron chi connectivity index (χ0n) is 19.6. The molecule has 1 unspecified atom stereocenters. The second kappa shape index (κ2) is 13.9. The van der Waals surface area contributed by atoms with Crippen LogP contribution in [0.5, 0.6) is 0 Å². The maximum atomic E-state index is 13.5. The highest BCUT2D eigenvalue weighted by atomic mass is 32.1. The Morgan fingerprint density at radius 2 is 1.71 bits per heavy atom. The highest BCUT2D eigenvalue weighted by molar-refractivity contribution is 7.59. The van der Waals surface area contributed by atoms with Crippen LogP contribution in [0.25, 0.3) is 0 Å². The number of ketones is 1. The monoisotopic (exact) mass is 552 g/mol. The zero-order chi connectivity index (χ0) is 23.6. The molecule has 1 N–H and O–H groups in total. The van der Waals surface area contributed by atoms with E-state index in [0.29, 0.717) is 25.1 Å². The van der Waals surface area contributed by atoms with Gasteiger partial charge < -0.3 is 10.2 Å². The van der Waals surface area contributed by atoms with Crippen molar-refractivity contribution in [1.29, 1.82) is 0 Å². The van der Waals surface area contributed by atoms with E-state index in [1.54, 1.807) is 19.9 Å². The van der Waals surface area contributed by atoms with Crippen molar-refractivity contribution in [2.45, 2.75) is 58.2 Å². The van der Waals surface area contributed by atoms with Crippen LogP contribution in [-0.2, 0) is 20.8 Å². The van der Waals surface area contributed by atoms with Gasteiger partial charge in [-0.25, -0.2) is 13.2 Å². The Labute approximate surface area is 223 Å². The molecule has 196 valence electrons. The SMILES string of the molecule is CCC(NC(=O)C(=O)N1[C@@H](C)C[C@H](C(=O)Cc2cc(F)c(F)c(F)c2)[C@@H]1C)C1=CCN=N1.S.S.S. The fourth-order valence-corrected chi connectivity index (χ4v) is 4.33. The number of rotatable bonds is 6. The molecule has 2 aliphatic rings. The third-order valence-electron chi connectivity index (χ3n) is 5.99. The minimum atomic E-state index is -1.59. The minimum Gasteiger partial charge on any atom is -0.339 e. The van der Waals surface area contributed by atoms with Crippen molar-refractivity contribution < 1.29 is 27.6 Å². The lowest BCUT2D eigenvalue weighted by atomic mass is 9.91. The van der Waals surface area contributed by atoms with Gasteiger partial charge in [0.1, 0.15) is 5.78 Å². The lowest BCUT2D eigenvalue weighted by molar-refractivity contribution is -0.148. The Morgan fingerprint density at radius 1 is 1.11 bits per heavy atom. The summed E-state index contributed by atoms with van der Waals surface area (Å²) in [4.78, 5) is 39.7. The Hall–Kier alpha value is -1.99. The molecule has 35 heavy (non-hydrogen) atoms. The van der Waals surface area contributed by atoms with Crippen molar-refractivity contribution in [3.8, 4) is 0 Å². The lowest BCUT2D eigenvalue weighted by Crippen LogP contribution is -2.50. The number of carbonyl (C=O) groups excluding carboxylic acids is 3. The van der Waals surface area contributed by atoms with Crippen LogP contribution in [0.3, 0.4) is 0 Å². The first kappa shape index (κ1) is 33.0. The molecule has 2 amide bonds. The smallest absolute Gasteiger partial charge is 0.312 e. The third-order valence-corrected chi connectivity index (χ3v) is 5.99. The number of hydrogen-bond donors (Lipinski definition) is 1. The normalized spacial score (nSPS) is 21.3. The number of likely N-dealkylation sites (tertiary alicyclic amines) is 1. The van der Waals surface area contributed by atoms with E-state index in [0.717, 1.165) is 12.1 Å². The molecule has 7 nitrogen and oxygen atoms in total. The van der Waals surface area contributed by atoms with Gasteiger partial charge in [-0.05, 0) is 50.5 Å². The first-order valence-corrected chi connectivity index (χ1v) is 10.5. The van der Waals surface area contributed by atoms with Crippen LogP contribution >= 0.6 is 40.5 Å². The predicted molar refractivity (Wildman–Crippen MR) is 140 cm³/mol. The van der Waals surface area contributed by atoms with E-state index in [4.69, 9.17) is 0 Å². The van der Waals surface area contributed by atoms with Crippen LogP contribution in [0.2, 0.25) is 0 Å². The van der Waals surface area contributed by atoms with Crippen molar-refractivity contribution in [2.24, 2.45) is 16.1 Å². The lowest BCUT2D eigenvalue weighted by Gasteiger charge is -2.27. The van der Waals surface area contributed by atoms with Gasteiger partial charge in [0.2, 0.25) is 0 Å². The molecule has 2 heterocycles. The van der Waals surface area contributed by atoms with Crippen LogP contribution in [0, 0.1) is 23.4 Å². The largest absolute Gasteiger partial charge is 0.339 e. The van der Waals surface area contributed by atoms with Crippen molar-refractivity contribution in [2.75, 3.05) is 6.54 Å². The third kappa shape index (κ3) is 7.26. The zero-order valence-corrected chi connectivity index (χ0v) is 22.6. The van der Waals surface area contributed by atoms with E-state index in [-0.39, 0.29) is 64.3 Å². The number of halogens is 3. The van der Waals surface area contributed by atoms with Crippen LogP contribution in [0.4, 0.5) is 13.2 Å². The number of azo groups is 1. The Morgan fingerprint density at radius 3 is 2.23 bits per heavy atom. The van der Waals surface area contributed by atoms with Crippen molar-refractivity contribution in [1.82, 2.24) is 10.2 Å². The van der Waals surface area contributed by atoms with Gasteiger partial charge in [0.25, 0.3) is 0 Å². The van der Waals surface area contributed by atoms with Gasteiger partial charge in [-0.3, -0.25) is 14.4 Å². The van der Waals surface area contributed by atoms with Gasteiger partial charge in [-0.2, -0.15) is 50.7 Å². The summed E-state index contributed by atoms with van der Waals surface area (Å²) in [6, 6.07) is 0.165. The minimum absolute atomic E-state index is 0. The molecule has 0 bridgehead atoms. The van der Waals surface area contributed by atoms with Gasteiger partial charge >= 0.3 is 11.8 Å². The number of amides is 2. The first-order chi connectivity index (χ1) is 15.1. The van der Waals surface area contributed by atoms with Gasteiger partial charge in [0, 0.05) is 24.4 Å². The summed E-state index contributed by atoms with van der Waals surface area (Å²) in [6.07, 6.45) is 2.31. The van der Waals surface area contributed by atoms with Gasteiger partial charge in [-0.1, -0.05) is 6.92 Å². The molecule has 0 aliphatic carbocycles. The van der Waals surface area contributed by atoms with E-state index >= 15 is 0 Å². The molecule has 1 aromatic carbocycles. The number of benzene rings is 1. The van der Waals surface area contributed by atoms with E-state index in [1.165, 1.54) is 4.90 Å². The topological polar surface area (TPSA) is 91.2 Å². The molecule has 0 radical (unpaired) electrons. The molecular formula is C22H31F3N4O3S3.